The molecule has 3 saturated heterocycles. The second kappa shape index (κ2) is 8.83. The van der Waals surface area contributed by atoms with Crippen molar-refractivity contribution < 1.29 is 9.84 Å². The number of rotatable bonds is 3. The van der Waals surface area contributed by atoms with Gasteiger partial charge in [-0.2, -0.15) is 4.98 Å². The number of halogens is 1. The molecule has 0 aliphatic carbocycles. The van der Waals surface area contributed by atoms with Crippen LogP contribution in [0.15, 0.2) is 30.3 Å². The van der Waals surface area contributed by atoms with Crippen LogP contribution in [0.25, 0.3) is 10.8 Å². The highest BCUT2D eigenvalue weighted by molar-refractivity contribution is 6.36. The summed E-state index contributed by atoms with van der Waals surface area (Å²) in [7, 11) is 4.27. The Morgan fingerprint density at radius 2 is 1.95 bits per heavy atom. The molecule has 2 N–H and O–H groups in total. The van der Waals surface area contributed by atoms with Crippen molar-refractivity contribution in [2.45, 2.75) is 49.7 Å². The van der Waals surface area contributed by atoms with E-state index in [-0.39, 0.29) is 17.9 Å². The Labute approximate surface area is 233 Å². The molecule has 0 radical (unpaired) electrons. The monoisotopic (exact) mass is 547 g/mol. The number of aromatic hydroxyl groups is 1. The number of piperazine rings is 1. The van der Waals surface area contributed by atoms with Crippen LogP contribution in [0.2, 0.25) is 5.02 Å². The van der Waals surface area contributed by atoms with Gasteiger partial charge in [-0.15, -0.1) is 0 Å². The number of anilines is 3. The maximum Gasteiger partial charge on any atom is 0.227 e. The van der Waals surface area contributed by atoms with Crippen molar-refractivity contribution in [3.8, 4) is 5.75 Å². The van der Waals surface area contributed by atoms with Crippen molar-refractivity contribution in [1.82, 2.24) is 20.2 Å². The summed E-state index contributed by atoms with van der Waals surface area (Å²) < 4.78 is 6.73. The lowest BCUT2D eigenvalue weighted by Gasteiger charge is -2.44. The summed E-state index contributed by atoms with van der Waals surface area (Å²) in [5.74, 6) is 2.10. The van der Waals surface area contributed by atoms with Crippen LogP contribution in [0.5, 0.6) is 5.75 Å². The molecule has 1 aromatic heterocycles. The molecule has 5 aliphatic heterocycles. The molecule has 3 aromatic rings. The van der Waals surface area contributed by atoms with Crippen molar-refractivity contribution in [1.29, 1.82) is 0 Å². The zero-order valence-electron chi connectivity index (χ0n) is 22.3. The fourth-order valence-corrected chi connectivity index (χ4v) is 7.53. The molecule has 0 spiro atoms. The van der Waals surface area contributed by atoms with Gasteiger partial charge in [0, 0.05) is 61.3 Å². The summed E-state index contributed by atoms with van der Waals surface area (Å²) in [6.45, 7) is 4.73. The van der Waals surface area contributed by atoms with Gasteiger partial charge < -0.3 is 34.8 Å². The van der Waals surface area contributed by atoms with Crippen molar-refractivity contribution in [3.63, 3.8) is 0 Å². The van der Waals surface area contributed by atoms with Gasteiger partial charge in [-0.25, -0.2) is 4.98 Å². The number of hydrogen-bond donors (Lipinski definition) is 2. The summed E-state index contributed by atoms with van der Waals surface area (Å²) in [6, 6.07) is 11.1. The number of benzene rings is 2. The fourth-order valence-electron chi connectivity index (χ4n) is 7.25. The first-order valence-corrected chi connectivity index (χ1v) is 14.4. The Bertz CT molecular complexity index is 1460. The van der Waals surface area contributed by atoms with Crippen LogP contribution < -0.4 is 20.0 Å². The Balaban J connectivity index is 1.25. The SMILES string of the molecule is CN(C)C1CN(c2nc3c4c(n2)N2CC5CCC(N5)C2COC4CN(c2cc(O)cc4cccc(Cl)c24)C3)C1. The van der Waals surface area contributed by atoms with Crippen molar-refractivity contribution in [3.05, 3.63) is 46.6 Å². The molecule has 0 saturated carbocycles. The number of ether oxygens (including phenoxy) is 1. The van der Waals surface area contributed by atoms with Crippen LogP contribution in [0.3, 0.4) is 0 Å². The smallest absolute Gasteiger partial charge is 0.227 e. The van der Waals surface area contributed by atoms with Crippen molar-refractivity contribution in [2.24, 2.45) is 0 Å². The van der Waals surface area contributed by atoms with E-state index in [1.54, 1.807) is 6.07 Å². The van der Waals surface area contributed by atoms with Gasteiger partial charge in [0.05, 0.1) is 35.6 Å². The zero-order chi connectivity index (χ0) is 26.4. The van der Waals surface area contributed by atoms with E-state index in [0.29, 0.717) is 42.8 Å². The largest absolute Gasteiger partial charge is 0.508 e. The number of fused-ring (bicyclic) bond motifs is 6. The van der Waals surface area contributed by atoms with Crippen molar-refractivity contribution >= 4 is 39.8 Å². The highest BCUT2D eigenvalue weighted by Gasteiger charge is 2.46. The van der Waals surface area contributed by atoms with Gasteiger partial charge in [0.2, 0.25) is 5.95 Å². The topological polar surface area (TPSA) is 80.2 Å². The van der Waals surface area contributed by atoms with Gasteiger partial charge in [0.25, 0.3) is 0 Å². The maximum atomic E-state index is 10.6. The molecule has 6 heterocycles. The predicted octanol–water partition coefficient (Wildman–Crippen LogP) is 3.14. The minimum Gasteiger partial charge on any atom is -0.508 e. The predicted molar refractivity (Wildman–Crippen MR) is 153 cm³/mol. The average molecular weight is 548 g/mol. The average Bonchev–Trinajstić information content (AvgIpc) is 3.19. The van der Waals surface area contributed by atoms with E-state index in [0.717, 1.165) is 59.1 Å². The number of likely N-dealkylation sites (N-methyl/N-ethyl adjacent to an activating group) is 1. The van der Waals surface area contributed by atoms with E-state index in [4.69, 9.17) is 26.3 Å². The molecule has 9 nitrogen and oxygen atoms in total. The van der Waals surface area contributed by atoms with E-state index < -0.39 is 0 Å². The molecule has 5 aliphatic rings. The third-order valence-electron chi connectivity index (χ3n) is 9.45. The highest BCUT2D eigenvalue weighted by atomic mass is 35.5. The molecule has 4 atom stereocenters. The molecule has 2 aromatic carbocycles. The third-order valence-corrected chi connectivity index (χ3v) is 9.76. The number of hydrogen-bond acceptors (Lipinski definition) is 9. The lowest BCUT2D eigenvalue weighted by atomic mass is 9.98. The minimum atomic E-state index is -0.160. The Morgan fingerprint density at radius 1 is 1.08 bits per heavy atom. The van der Waals surface area contributed by atoms with Crippen LogP contribution in [0, 0.1) is 0 Å². The van der Waals surface area contributed by atoms with E-state index >= 15 is 0 Å². The quantitative estimate of drug-likeness (QED) is 0.514. The van der Waals surface area contributed by atoms with Crippen LogP contribution in [0.1, 0.15) is 30.2 Å². The fraction of sp³-hybridized carbons (Fsp3) is 0.517. The molecular formula is C29H34ClN7O2. The summed E-state index contributed by atoms with van der Waals surface area (Å²) >= 11 is 6.73. The van der Waals surface area contributed by atoms with Gasteiger partial charge >= 0.3 is 0 Å². The molecular weight excluding hydrogens is 514 g/mol. The number of nitrogens with one attached hydrogen (secondary N) is 1. The second-order valence-corrected chi connectivity index (χ2v) is 12.4. The second-order valence-electron chi connectivity index (χ2n) is 12.0. The van der Waals surface area contributed by atoms with Gasteiger partial charge in [-0.05, 0) is 44.5 Å². The molecule has 0 amide bonds. The minimum absolute atomic E-state index is 0.160. The van der Waals surface area contributed by atoms with Crippen LogP contribution in [0.4, 0.5) is 17.5 Å². The zero-order valence-corrected chi connectivity index (χ0v) is 23.1. The van der Waals surface area contributed by atoms with Crippen molar-refractivity contribution in [2.75, 3.05) is 61.6 Å². The third kappa shape index (κ3) is 3.78. The summed E-state index contributed by atoms with van der Waals surface area (Å²) in [5.41, 5.74) is 3.06. The summed E-state index contributed by atoms with van der Waals surface area (Å²) in [6.07, 6.45) is 2.22. The molecule has 3 fully saturated rings. The highest BCUT2D eigenvalue weighted by Crippen LogP contribution is 2.45. The number of phenolic OH excluding ortho intramolecular Hbond substituents is 1. The summed E-state index contributed by atoms with van der Waals surface area (Å²) in [4.78, 5) is 19.8. The van der Waals surface area contributed by atoms with E-state index in [1.807, 2.05) is 24.3 Å². The molecule has 8 rings (SSSR count). The van der Waals surface area contributed by atoms with Gasteiger partial charge in [-0.1, -0.05) is 23.7 Å². The van der Waals surface area contributed by atoms with Crippen LogP contribution in [-0.2, 0) is 11.3 Å². The number of aromatic nitrogens is 2. The molecule has 10 heteroatoms. The van der Waals surface area contributed by atoms with Crippen LogP contribution in [-0.4, -0.2) is 91.0 Å². The van der Waals surface area contributed by atoms with Gasteiger partial charge in [0.1, 0.15) is 17.7 Å². The van der Waals surface area contributed by atoms with Gasteiger partial charge in [-0.3, -0.25) is 0 Å². The molecule has 39 heavy (non-hydrogen) atoms. The maximum absolute atomic E-state index is 10.6. The Morgan fingerprint density at radius 3 is 2.79 bits per heavy atom. The van der Waals surface area contributed by atoms with E-state index in [2.05, 4.69) is 39.0 Å². The Hall–Kier alpha value is -2.85. The number of phenols is 1. The molecule has 4 unspecified atom stereocenters. The van der Waals surface area contributed by atoms with Gasteiger partial charge in [0.15, 0.2) is 0 Å². The normalized spacial score (nSPS) is 27.9. The first kappa shape index (κ1) is 24.0. The summed E-state index contributed by atoms with van der Waals surface area (Å²) in [5, 5.41) is 17.0. The molecule has 2 bridgehead atoms. The molecule has 204 valence electrons. The first-order valence-electron chi connectivity index (χ1n) is 14.1. The van der Waals surface area contributed by atoms with E-state index in [9.17, 15) is 5.11 Å². The number of nitrogens with zero attached hydrogens (tertiary/aromatic N) is 6. The lowest BCUT2D eigenvalue weighted by molar-refractivity contribution is 0.0415. The standard InChI is InChI=1S/C29H34ClN7O2/c1-34(2)18-11-36(12-18)29-32-22-13-35(23-9-19(38)8-16-4-3-5-20(30)26(16)23)14-25-27(22)28(33-29)37-10-17-6-7-21(31-17)24(37)15-39-25/h3-5,8-9,17-18,21,24-25,31,38H,6-7,10-15H2,1-2H3. The lowest BCUT2D eigenvalue weighted by Crippen LogP contribution is -2.60. The van der Waals surface area contributed by atoms with E-state index in [1.165, 1.54) is 12.8 Å². The van der Waals surface area contributed by atoms with Crippen LogP contribution >= 0.6 is 11.6 Å². The Kier molecular flexibility index (Phi) is 5.43. The first-order chi connectivity index (χ1) is 18.9.